The maximum Gasteiger partial charge on any atom is 0.236 e. The van der Waals surface area contributed by atoms with Crippen LogP contribution in [0, 0.1) is 13.8 Å². The van der Waals surface area contributed by atoms with Crippen LogP contribution in [-0.2, 0) is 22.3 Å². The molecule has 0 aromatic heterocycles. The summed E-state index contributed by atoms with van der Waals surface area (Å²) in [7, 11) is -3.44. The molecule has 0 spiro atoms. The van der Waals surface area contributed by atoms with E-state index in [2.05, 4.69) is 4.72 Å². The SMILES string of the molecule is Cc1ccc(C)c(NS(=O)(=O)Cc2cccc(CN)c2)c1. The highest BCUT2D eigenvalue weighted by Gasteiger charge is 2.13. The van der Waals surface area contributed by atoms with E-state index in [9.17, 15) is 8.42 Å². The van der Waals surface area contributed by atoms with Crippen molar-refractivity contribution in [1.29, 1.82) is 0 Å². The van der Waals surface area contributed by atoms with Gasteiger partial charge in [-0.2, -0.15) is 0 Å². The first-order valence-electron chi connectivity index (χ1n) is 6.75. The van der Waals surface area contributed by atoms with Crippen LogP contribution in [0.25, 0.3) is 0 Å². The Labute approximate surface area is 126 Å². The average molecular weight is 304 g/mol. The number of nitrogens with one attached hydrogen (secondary N) is 1. The fourth-order valence-corrected chi connectivity index (χ4v) is 3.36. The summed E-state index contributed by atoms with van der Waals surface area (Å²) in [5, 5.41) is 0. The predicted molar refractivity (Wildman–Crippen MR) is 86.5 cm³/mol. The molecule has 0 aliphatic rings. The van der Waals surface area contributed by atoms with Crippen molar-refractivity contribution < 1.29 is 8.42 Å². The summed E-state index contributed by atoms with van der Waals surface area (Å²) in [4.78, 5) is 0. The van der Waals surface area contributed by atoms with Gasteiger partial charge < -0.3 is 5.73 Å². The van der Waals surface area contributed by atoms with E-state index < -0.39 is 10.0 Å². The maximum atomic E-state index is 12.3. The molecule has 4 nitrogen and oxygen atoms in total. The van der Waals surface area contributed by atoms with Crippen molar-refractivity contribution in [3.8, 4) is 0 Å². The van der Waals surface area contributed by atoms with Crippen LogP contribution in [-0.4, -0.2) is 8.42 Å². The van der Waals surface area contributed by atoms with E-state index in [0.29, 0.717) is 12.2 Å². The highest BCUT2D eigenvalue weighted by molar-refractivity contribution is 7.91. The van der Waals surface area contributed by atoms with Gasteiger partial charge in [0, 0.05) is 6.54 Å². The van der Waals surface area contributed by atoms with Crippen LogP contribution in [0.15, 0.2) is 42.5 Å². The molecular formula is C16H20N2O2S. The second-order valence-electron chi connectivity index (χ2n) is 5.20. The number of anilines is 1. The molecule has 2 aromatic rings. The molecule has 0 radical (unpaired) electrons. The first-order valence-corrected chi connectivity index (χ1v) is 8.40. The number of benzene rings is 2. The Balaban J connectivity index is 2.20. The lowest BCUT2D eigenvalue weighted by Gasteiger charge is -2.12. The third kappa shape index (κ3) is 4.31. The second-order valence-corrected chi connectivity index (χ2v) is 6.93. The molecule has 3 N–H and O–H groups in total. The maximum absolute atomic E-state index is 12.3. The summed E-state index contributed by atoms with van der Waals surface area (Å²) in [6.07, 6.45) is 0. The van der Waals surface area contributed by atoms with Crippen LogP contribution in [0.3, 0.4) is 0 Å². The van der Waals surface area contributed by atoms with E-state index in [1.165, 1.54) is 0 Å². The van der Waals surface area contributed by atoms with Gasteiger partial charge in [-0.3, -0.25) is 4.72 Å². The van der Waals surface area contributed by atoms with E-state index in [-0.39, 0.29) is 5.75 Å². The van der Waals surface area contributed by atoms with Crippen LogP contribution in [0.1, 0.15) is 22.3 Å². The van der Waals surface area contributed by atoms with Crippen molar-refractivity contribution in [1.82, 2.24) is 0 Å². The molecule has 0 heterocycles. The van der Waals surface area contributed by atoms with Crippen LogP contribution in [0.4, 0.5) is 5.69 Å². The van der Waals surface area contributed by atoms with Crippen LogP contribution >= 0.6 is 0 Å². The Morgan fingerprint density at radius 1 is 1.05 bits per heavy atom. The first kappa shape index (κ1) is 15.5. The first-order chi connectivity index (χ1) is 9.89. The molecule has 5 heteroatoms. The Bertz CT molecular complexity index is 740. The summed E-state index contributed by atoms with van der Waals surface area (Å²) < 4.78 is 27.2. The fraction of sp³-hybridized carbons (Fsp3) is 0.250. The van der Waals surface area contributed by atoms with Crippen molar-refractivity contribution in [2.45, 2.75) is 26.1 Å². The average Bonchev–Trinajstić information content (AvgIpc) is 2.42. The number of rotatable bonds is 5. The minimum Gasteiger partial charge on any atom is -0.326 e. The van der Waals surface area contributed by atoms with Crippen molar-refractivity contribution in [3.05, 3.63) is 64.7 Å². The summed E-state index contributed by atoms with van der Waals surface area (Å²) >= 11 is 0. The Hall–Kier alpha value is -1.85. The fourth-order valence-electron chi connectivity index (χ4n) is 2.12. The Morgan fingerprint density at radius 3 is 2.48 bits per heavy atom. The van der Waals surface area contributed by atoms with E-state index >= 15 is 0 Å². The van der Waals surface area contributed by atoms with Gasteiger partial charge in [0.05, 0.1) is 11.4 Å². The molecule has 0 fully saturated rings. The van der Waals surface area contributed by atoms with Gasteiger partial charge in [-0.15, -0.1) is 0 Å². The quantitative estimate of drug-likeness (QED) is 0.892. The van der Waals surface area contributed by atoms with Gasteiger partial charge in [-0.05, 0) is 42.2 Å². The van der Waals surface area contributed by atoms with Gasteiger partial charge in [0.2, 0.25) is 10.0 Å². The molecule has 0 atom stereocenters. The molecule has 0 amide bonds. The summed E-state index contributed by atoms with van der Waals surface area (Å²) in [6, 6.07) is 13.0. The smallest absolute Gasteiger partial charge is 0.236 e. The van der Waals surface area contributed by atoms with Crippen molar-refractivity contribution >= 4 is 15.7 Å². The van der Waals surface area contributed by atoms with Crippen molar-refractivity contribution in [3.63, 3.8) is 0 Å². The third-order valence-corrected chi connectivity index (χ3v) is 4.49. The van der Waals surface area contributed by atoms with Gasteiger partial charge in [0.25, 0.3) is 0 Å². The third-order valence-electron chi connectivity index (χ3n) is 3.24. The van der Waals surface area contributed by atoms with Crippen molar-refractivity contribution in [2.24, 2.45) is 5.73 Å². The lowest BCUT2D eigenvalue weighted by atomic mass is 10.1. The molecule has 0 aliphatic carbocycles. The number of hydrogen-bond donors (Lipinski definition) is 2. The van der Waals surface area contributed by atoms with E-state index in [4.69, 9.17) is 5.73 Å². The lowest BCUT2D eigenvalue weighted by Crippen LogP contribution is -2.16. The number of sulfonamides is 1. The highest BCUT2D eigenvalue weighted by Crippen LogP contribution is 2.19. The zero-order valence-electron chi connectivity index (χ0n) is 12.3. The Morgan fingerprint density at radius 2 is 1.76 bits per heavy atom. The minimum atomic E-state index is -3.44. The van der Waals surface area contributed by atoms with E-state index in [0.717, 1.165) is 22.3 Å². The highest BCUT2D eigenvalue weighted by atomic mass is 32.2. The number of hydrogen-bond acceptors (Lipinski definition) is 3. The van der Waals surface area contributed by atoms with E-state index in [1.807, 2.05) is 50.2 Å². The Kier molecular flexibility index (Phi) is 4.65. The van der Waals surface area contributed by atoms with E-state index in [1.54, 1.807) is 6.07 Å². The van der Waals surface area contributed by atoms with Gasteiger partial charge >= 0.3 is 0 Å². The topological polar surface area (TPSA) is 72.2 Å². The minimum absolute atomic E-state index is 0.0613. The molecule has 0 saturated heterocycles. The van der Waals surface area contributed by atoms with Crippen LogP contribution in [0.2, 0.25) is 0 Å². The van der Waals surface area contributed by atoms with Gasteiger partial charge in [-0.25, -0.2) is 8.42 Å². The molecule has 112 valence electrons. The summed E-state index contributed by atoms with van der Waals surface area (Å²) in [5.41, 5.74) is 9.78. The molecule has 0 bridgehead atoms. The standard InChI is InChI=1S/C16H20N2O2S/c1-12-6-7-13(2)16(8-12)18-21(19,20)11-15-5-3-4-14(9-15)10-17/h3-9,18H,10-11,17H2,1-2H3. The van der Waals surface area contributed by atoms with Gasteiger partial charge in [0.1, 0.15) is 0 Å². The van der Waals surface area contributed by atoms with Crippen LogP contribution < -0.4 is 10.5 Å². The molecule has 2 rings (SSSR count). The molecule has 0 aliphatic heterocycles. The number of nitrogens with two attached hydrogens (primary N) is 1. The molecular weight excluding hydrogens is 284 g/mol. The monoisotopic (exact) mass is 304 g/mol. The molecule has 21 heavy (non-hydrogen) atoms. The second kappa shape index (κ2) is 6.28. The zero-order valence-corrected chi connectivity index (χ0v) is 13.1. The molecule has 0 unspecified atom stereocenters. The van der Waals surface area contributed by atoms with Gasteiger partial charge in [-0.1, -0.05) is 36.4 Å². The summed E-state index contributed by atoms with van der Waals surface area (Å²) in [6.45, 7) is 4.21. The largest absolute Gasteiger partial charge is 0.326 e. The molecule has 2 aromatic carbocycles. The predicted octanol–water partition coefficient (Wildman–Crippen LogP) is 2.70. The normalized spacial score (nSPS) is 11.4. The summed E-state index contributed by atoms with van der Waals surface area (Å²) in [5.74, 6) is -0.0613. The zero-order chi connectivity index (χ0) is 15.5. The number of aryl methyl sites for hydroxylation is 2. The van der Waals surface area contributed by atoms with Crippen LogP contribution in [0.5, 0.6) is 0 Å². The van der Waals surface area contributed by atoms with Crippen molar-refractivity contribution in [2.75, 3.05) is 4.72 Å². The lowest BCUT2D eigenvalue weighted by molar-refractivity contribution is 0.600. The molecule has 0 saturated carbocycles. The van der Waals surface area contributed by atoms with Gasteiger partial charge in [0.15, 0.2) is 0 Å².